The van der Waals surface area contributed by atoms with Gasteiger partial charge in [-0.3, -0.25) is 0 Å². The Kier molecular flexibility index (Phi) is 3.55. The molecule has 0 saturated carbocycles. The summed E-state index contributed by atoms with van der Waals surface area (Å²) in [6, 6.07) is 7.67. The van der Waals surface area contributed by atoms with E-state index in [1.807, 2.05) is 38.2 Å². The van der Waals surface area contributed by atoms with Gasteiger partial charge in [-0.05, 0) is 30.2 Å². The van der Waals surface area contributed by atoms with E-state index in [2.05, 4.69) is 10.3 Å². The second-order valence-corrected chi connectivity index (χ2v) is 4.51. The van der Waals surface area contributed by atoms with Crippen molar-refractivity contribution in [1.29, 1.82) is 0 Å². The molecule has 0 aliphatic heterocycles. The second kappa shape index (κ2) is 4.94. The van der Waals surface area contributed by atoms with Crippen LogP contribution in [0.3, 0.4) is 0 Å². The minimum Gasteiger partial charge on any atom is -0.386 e. The summed E-state index contributed by atoms with van der Waals surface area (Å²) < 4.78 is 0. The van der Waals surface area contributed by atoms with Crippen LogP contribution in [-0.4, -0.2) is 12.0 Å². The molecule has 0 aliphatic carbocycles. The molecule has 1 N–H and O–H groups in total. The maximum Gasteiger partial charge on any atom is 0.129 e. The quantitative estimate of drug-likeness (QED) is 0.815. The SMILES string of the molecule is CNc1cnc(Cl)cc1-c1cccc(Cl)c1C. The molecule has 0 radical (unpaired) electrons. The lowest BCUT2D eigenvalue weighted by molar-refractivity contribution is 1.30. The van der Waals surface area contributed by atoms with Crippen LogP contribution in [-0.2, 0) is 0 Å². The van der Waals surface area contributed by atoms with Crippen LogP contribution in [0.2, 0.25) is 10.2 Å². The molecule has 0 unspecified atom stereocenters. The number of rotatable bonds is 2. The Labute approximate surface area is 111 Å². The molecule has 0 spiro atoms. The molecule has 0 atom stereocenters. The Hall–Kier alpha value is -1.25. The molecule has 1 aromatic carbocycles. The van der Waals surface area contributed by atoms with Crippen molar-refractivity contribution < 1.29 is 0 Å². The Bertz CT molecular complexity index is 553. The van der Waals surface area contributed by atoms with Crippen molar-refractivity contribution in [3.63, 3.8) is 0 Å². The van der Waals surface area contributed by atoms with Crippen molar-refractivity contribution >= 4 is 28.9 Å². The first-order valence-electron chi connectivity index (χ1n) is 5.22. The van der Waals surface area contributed by atoms with Gasteiger partial charge in [-0.1, -0.05) is 35.3 Å². The Balaban J connectivity index is 2.67. The molecular weight excluding hydrogens is 255 g/mol. The summed E-state index contributed by atoms with van der Waals surface area (Å²) in [4.78, 5) is 4.06. The third-order valence-electron chi connectivity index (χ3n) is 2.70. The topological polar surface area (TPSA) is 24.9 Å². The van der Waals surface area contributed by atoms with Gasteiger partial charge in [0, 0.05) is 17.6 Å². The molecule has 0 bridgehead atoms. The first-order chi connectivity index (χ1) is 8.13. The molecule has 0 amide bonds. The zero-order chi connectivity index (χ0) is 12.4. The lowest BCUT2D eigenvalue weighted by atomic mass is 10.0. The van der Waals surface area contributed by atoms with Gasteiger partial charge in [-0.25, -0.2) is 4.98 Å². The Morgan fingerprint density at radius 2 is 1.94 bits per heavy atom. The first-order valence-corrected chi connectivity index (χ1v) is 5.98. The van der Waals surface area contributed by atoms with Gasteiger partial charge in [0.15, 0.2) is 0 Å². The Morgan fingerprint density at radius 3 is 2.65 bits per heavy atom. The highest BCUT2D eigenvalue weighted by atomic mass is 35.5. The van der Waals surface area contributed by atoms with Gasteiger partial charge in [0.25, 0.3) is 0 Å². The van der Waals surface area contributed by atoms with E-state index in [9.17, 15) is 0 Å². The summed E-state index contributed by atoms with van der Waals surface area (Å²) in [6.07, 6.45) is 1.72. The third kappa shape index (κ3) is 2.38. The molecular formula is C13H12Cl2N2. The van der Waals surface area contributed by atoms with E-state index >= 15 is 0 Å². The molecule has 2 aromatic rings. The van der Waals surface area contributed by atoms with Crippen molar-refractivity contribution in [2.45, 2.75) is 6.92 Å². The second-order valence-electron chi connectivity index (χ2n) is 3.72. The highest BCUT2D eigenvalue weighted by Gasteiger charge is 2.10. The van der Waals surface area contributed by atoms with Crippen LogP contribution in [0.15, 0.2) is 30.5 Å². The molecule has 0 fully saturated rings. The van der Waals surface area contributed by atoms with Gasteiger partial charge >= 0.3 is 0 Å². The van der Waals surface area contributed by atoms with E-state index in [-0.39, 0.29) is 0 Å². The molecule has 1 heterocycles. The number of halogens is 2. The maximum atomic E-state index is 6.13. The fourth-order valence-corrected chi connectivity index (χ4v) is 2.08. The molecule has 17 heavy (non-hydrogen) atoms. The number of aromatic nitrogens is 1. The van der Waals surface area contributed by atoms with Crippen LogP contribution in [0.25, 0.3) is 11.1 Å². The largest absolute Gasteiger partial charge is 0.386 e. The number of nitrogens with zero attached hydrogens (tertiary/aromatic N) is 1. The van der Waals surface area contributed by atoms with Crippen LogP contribution < -0.4 is 5.32 Å². The summed E-state index contributed by atoms with van der Waals surface area (Å²) in [6.45, 7) is 1.99. The predicted octanol–water partition coefficient (Wildman–Crippen LogP) is 4.41. The van der Waals surface area contributed by atoms with Gasteiger partial charge in [-0.15, -0.1) is 0 Å². The summed E-state index contributed by atoms with van der Waals surface area (Å²) >= 11 is 12.1. The fraction of sp³-hybridized carbons (Fsp3) is 0.154. The number of hydrogen-bond acceptors (Lipinski definition) is 2. The number of hydrogen-bond donors (Lipinski definition) is 1. The van der Waals surface area contributed by atoms with Crippen molar-refractivity contribution in [1.82, 2.24) is 4.98 Å². The molecule has 0 aliphatic rings. The normalized spacial score (nSPS) is 10.4. The maximum absolute atomic E-state index is 6.13. The van der Waals surface area contributed by atoms with Crippen molar-refractivity contribution in [2.75, 3.05) is 12.4 Å². The zero-order valence-corrected chi connectivity index (χ0v) is 11.1. The van der Waals surface area contributed by atoms with E-state index in [0.717, 1.165) is 27.4 Å². The van der Waals surface area contributed by atoms with Gasteiger partial charge in [0.2, 0.25) is 0 Å². The van der Waals surface area contributed by atoms with Crippen LogP contribution in [0.5, 0.6) is 0 Å². The molecule has 88 valence electrons. The summed E-state index contributed by atoms with van der Waals surface area (Å²) in [5.74, 6) is 0. The Morgan fingerprint density at radius 1 is 1.18 bits per heavy atom. The summed E-state index contributed by atoms with van der Waals surface area (Å²) in [7, 11) is 1.86. The highest BCUT2D eigenvalue weighted by Crippen LogP contribution is 2.34. The van der Waals surface area contributed by atoms with Gasteiger partial charge in [0.1, 0.15) is 5.15 Å². The van der Waals surface area contributed by atoms with E-state index in [1.165, 1.54) is 0 Å². The fourth-order valence-electron chi connectivity index (χ4n) is 1.75. The average Bonchev–Trinajstić information content (AvgIpc) is 2.33. The standard InChI is InChI=1S/C13H12Cl2N2/c1-8-9(4-3-5-11(8)14)10-6-13(15)17-7-12(10)16-2/h3-7,16H,1-2H3. The molecule has 4 heteroatoms. The van der Waals surface area contributed by atoms with Crippen LogP contribution >= 0.6 is 23.2 Å². The van der Waals surface area contributed by atoms with Crippen molar-refractivity contribution in [3.8, 4) is 11.1 Å². The molecule has 1 aromatic heterocycles. The van der Waals surface area contributed by atoms with Gasteiger partial charge < -0.3 is 5.32 Å². The minimum atomic E-state index is 0.471. The van der Waals surface area contributed by atoms with E-state index in [0.29, 0.717) is 5.15 Å². The van der Waals surface area contributed by atoms with Crippen molar-refractivity contribution in [3.05, 3.63) is 46.2 Å². The smallest absolute Gasteiger partial charge is 0.129 e. The van der Waals surface area contributed by atoms with E-state index < -0.39 is 0 Å². The number of anilines is 1. The molecule has 0 saturated heterocycles. The monoisotopic (exact) mass is 266 g/mol. The summed E-state index contributed by atoms with van der Waals surface area (Å²) in [5.41, 5.74) is 4.03. The lowest BCUT2D eigenvalue weighted by Gasteiger charge is -2.12. The molecule has 2 nitrogen and oxygen atoms in total. The molecule has 2 rings (SSSR count). The predicted molar refractivity (Wildman–Crippen MR) is 74.0 cm³/mol. The van der Waals surface area contributed by atoms with E-state index in [1.54, 1.807) is 6.20 Å². The summed E-state index contributed by atoms with van der Waals surface area (Å²) in [5, 5.41) is 4.32. The van der Waals surface area contributed by atoms with Crippen molar-refractivity contribution in [2.24, 2.45) is 0 Å². The number of benzene rings is 1. The third-order valence-corrected chi connectivity index (χ3v) is 3.31. The van der Waals surface area contributed by atoms with Crippen LogP contribution in [0.1, 0.15) is 5.56 Å². The first kappa shape index (κ1) is 12.2. The minimum absolute atomic E-state index is 0.471. The number of nitrogens with one attached hydrogen (secondary N) is 1. The zero-order valence-electron chi connectivity index (χ0n) is 9.59. The lowest BCUT2D eigenvalue weighted by Crippen LogP contribution is -1.95. The highest BCUT2D eigenvalue weighted by molar-refractivity contribution is 6.32. The number of pyridine rings is 1. The van der Waals surface area contributed by atoms with Crippen LogP contribution in [0.4, 0.5) is 5.69 Å². The van der Waals surface area contributed by atoms with Gasteiger partial charge in [0.05, 0.1) is 11.9 Å². The average molecular weight is 267 g/mol. The van der Waals surface area contributed by atoms with Crippen LogP contribution in [0, 0.1) is 6.92 Å². The van der Waals surface area contributed by atoms with E-state index in [4.69, 9.17) is 23.2 Å². The van der Waals surface area contributed by atoms with Gasteiger partial charge in [-0.2, -0.15) is 0 Å².